The Kier molecular flexibility index (Phi) is 4.58. The maximum Gasteiger partial charge on any atom is 0.147 e. The van der Waals surface area contributed by atoms with E-state index in [0.29, 0.717) is 5.75 Å². The summed E-state index contributed by atoms with van der Waals surface area (Å²) in [6, 6.07) is 0. The van der Waals surface area contributed by atoms with Crippen molar-refractivity contribution in [3.8, 4) is 5.75 Å². The minimum Gasteiger partial charge on any atom is -0.488 e. The van der Waals surface area contributed by atoms with Crippen molar-refractivity contribution in [2.45, 2.75) is 26.4 Å². The Morgan fingerprint density at radius 2 is 2.31 bits per heavy atom. The Balaban J connectivity index is 3.26. The molecule has 1 aromatic heterocycles. The lowest BCUT2D eigenvalue weighted by molar-refractivity contribution is 0.214. The summed E-state index contributed by atoms with van der Waals surface area (Å²) < 4.78 is 5.74. The van der Waals surface area contributed by atoms with Crippen molar-refractivity contribution in [1.29, 1.82) is 0 Å². The van der Waals surface area contributed by atoms with Crippen molar-refractivity contribution in [2.75, 3.05) is 0 Å². The van der Waals surface area contributed by atoms with E-state index in [1.165, 1.54) is 6.20 Å². The zero-order valence-corrected chi connectivity index (χ0v) is 9.81. The molecular formula is C13H18N2O. The Hall–Kier alpha value is -1.77. The van der Waals surface area contributed by atoms with Crippen LogP contribution in [0, 0.1) is 0 Å². The first kappa shape index (κ1) is 12.3. The first-order valence-electron chi connectivity index (χ1n) is 5.38. The number of hydrogen-bond donors (Lipinski definition) is 1. The summed E-state index contributed by atoms with van der Waals surface area (Å²) in [7, 11) is 0. The molecule has 1 unspecified atom stereocenters. The van der Waals surface area contributed by atoms with Gasteiger partial charge >= 0.3 is 0 Å². The first-order valence-corrected chi connectivity index (χ1v) is 5.38. The summed E-state index contributed by atoms with van der Waals surface area (Å²) in [4.78, 5) is 4.12. The summed E-state index contributed by atoms with van der Waals surface area (Å²) in [5.41, 5.74) is 5.61. The number of rotatable bonds is 4. The Labute approximate surface area is 96.0 Å². The highest BCUT2D eigenvalue weighted by Gasteiger charge is 2.03. The number of nitrogens with zero attached hydrogens (tertiary/aromatic N) is 1. The van der Waals surface area contributed by atoms with E-state index in [9.17, 15) is 0 Å². The van der Waals surface area contributed by atoms with Crippen LogP contribution in [0.4, 0.5) is 0 Å². The highest BCUT2D eigenvalue weighted by atomic mass is 16.5. The molecule has 86 valence electrons. The fraction of sp³-hybridized carbons (Fsp3) is 0.308. The van der Waals surface area contributed by atoms with Gasteiger partial charge in [-0.15, -0.1) is 0 Å². The molecule has 0 saturated heterocycles. The molecule has 16 heavy (non-hydrogen) atoms. The molecule has 3 nitrogen and oxygen atoms in total. The van der Waals surface area contributed by atoms with Gasteiger partial charge in [0.05, 0.1) is 12.3 Å². The number of allylic oxidation sites excluding steroid dienone is 1. The van der Waals surface area contributed by atoms with Crippen LogP contribution >= 0.6 is 0 Å². The van der Waals surface area contributed by atoms with Crippen LogP contribution in [0.3, 0.4) is 0 Å². The van der Waals surface area contributed by atoms with Crippen molar-refractivity contribution in [1.82, 2.24) is 4.98 Å². The molecule has 0 fully saturated rings. The number of aromatic nitrogens is 1. The van der Waals surface area contributed by atoms with E-state index in [4.69, 9.17) is 10.5 Å². The van der Waals surface area contributed by atoms with Crippen LogP contribution in [0.2, 0.25) is 0 Å². The lowest BCUT2D eigenvalue weighted by Gasteiger charge is -2.12. The Morgan fingerprint density at radius 1 is 1.56 bits per heavy atom. The minimum atomic E-state index is 0.152. The van der Waals surface area contributed by atoms with Crippen molar-refractivity contribution >= 4 is 12.3 Å². The fourth-order valence-electron chi connectivity index (χ4n) is 1.30. The molecule has 0 spiro atoms. The van der Waals surface area contributed by atoms with Gasteiger partial charge in [0, 0.05) is 22.8 Å². The van der Waals surface area contributed by atoms with E-state index in [-0.39, 0.29) is 6.10 Å². The first-order chi connectivity index (χ1) is 7.72. The molecule has 0 amide bonds. The van der Waals surface area contributed by atoms with Crippen LogP contribution in [0.15, 0.2) is 25.0 Å². The molecule has 0 radical (unpaired) electrons. The maximum atomic E-state index is 5.74. The second-order valence-electron chi connectivity index (χ2n) is 3.55. The van der Waals surface area contributed by atoms with Crippen molar-refractivity contribution < 1.29 is 4.74 Å². The van der Waals surface area contributed by atoms with Gasteiger partial charge in [-0.1, -0.05) is 25.7 Å². The third-order valence-electron chi connectivity index (χ3n) is 2.35. The molecule has 0 aliphatic heterocycles. The summed E-state index contributed by atoms with van der Waals surface area (Å²) in [5.74, 6) is 0.715. The number of hydrogen-bond acceptors (Lipinski definition) is 3. The van der Waals surface area contributed by atoms with Gasteiger partial charge in [0.2, 0.25) is 0 Å². The average Bonchev–Trinajstić information content (AvgIpc) is 2.29. The summed E-state index contributed by atoms with van der Waals surface area (Å²) in [6.45, 7) is 7.75. The summed E-state index contributed by atoms with van der Waals surface area (Å²) >= 11 is 0. The molecule has 1 heterocycles. The molecule has 0 aromatic carbocycles. The molecule has 1 atom stereocenters. The highest BCUT2D eigenvalue weighted by molar-refractivity contribution is 5.40. The van der Waals surface area contributed by atoms with Crippen molar-refractivity contribution in [3.63, 3.8) is 0 Å². The van der Waals surface area contributed by atoms with E-state index < -0.39 is 0 Å². The maximum absolute atomic E-state index is 5.74. The van der Waals surface area contributed by atoms with Gasteiger partial charge in [-0.3, -0.25) is 4.98 Å². The highest BCUT2D eigenvalue weighted by Crippen LogP contribution is 2.03. The van der Waals surface area contributed by atoms with Gasteiger partial charge in [-0.2, -0.15) is 0 Å². The molecule has 3 heteroatoms. The monoisotopic (exact) mass is 218 g/mol. The van der Waals surface area contributed by atoms with Crippen molar-refractivity contribution in [2.24, 2.45) is 5.73 Å². The SMILES string of the molecule is C=C/C=c1/cncc(OC(C)CC)/c1=C/N. The van der Waals surface area contributed by atoms with Gasteiger partial charge < -0.3 is 10.5 Å². The van der Waals surface area contributed by atoms with Gasteiger partial charge in [0.1, 0.15) is 5.75 Å². The molecule has 2 N–H and O–H groups in total. The molecular weight excluding hydrogens is 200 g/mol. The molecule has 1 aromatic rings. The minimum absolute atomic E-state index is 0.152. The average molecular weight is 218 g/mol. The molecule has 0 saturated carbocycles. The van der Waals surface area contributed by atoms with E-state index in [1.54, 1.807) is 18.5 Å². The zero-order chi connectivity index (χ0) is 12.0. The quantitative estimate of drug-likeness (QED) is 0.817. The van der Waals surface area contributed by atoms with Crippen LogP contribution < -0.4 is 20.9 Å². The number of ether oxygens (including phenoxy) is 1. The van der Waals surface area contributed by atoms with Crippen molar-refractivity contribution in [3.05, 3.63) is 35.5 Å². The van der Waals surface area contributed by atoms with E-state index >= 15 is 0 Å². The van der Waals surface area contributed by atoms with Gasteiger partial charge in [0.15, 0.2) is 0 Å². The topological polar surface area (TPSA) is 48.1 Å². The lowest BCUT2D eigenvalue weighted by Crippen LogP contribution is -2.30. The van der Waals surface area contributed by atoms with E-state index in [0.717, 1.165) is 16.9 Å². The van der Waals surface area contributed by atoms with Crippen LogP contribution in [-0.2, 0) is 0 Å². The second kappa shape index (κ2) is 5.95. The van der Waals surface area contributed by atoms with Gasteiger partial charge in [0.25, 0.3) is 0 Å². The molecule has 0 aliphatic carbocycles. The lowest BCUT2D eigenvalue weighted by atomic mass is 10.2. The standard InChI is InChI=1S/C13H18N2O/c1-4-6-11-8-15-9-13(12(11)7-14)16-10(3)5-2/h4,6-10H,1,5,14H2,2-3H3/b11-6-,12-7+. The van der Waals surface area contributed by atoms with Crippen LogP contribution in [0.25, 0.3) is 12.3 Å². The third-order valence-corrected chi connectivity index (χ3v) is 2.35. The Morgan fingerprint density at radius 3 is 2.88 bits per heavy atom. The van der Waals surface area contributed by atoms with Crippen LogP contribution in [0.1, 0.15) is 20.3 Å². The van der Waals surface area contributed by atoms with Gasteiger partial charge in [-0.25, -0.2) is 0 Å². The summed E-state index contributed by atoms with van der Waals surface area (Å²) in [5, 5.41) is 1.77. The third kappa shape index (κ3) is 2.86. The zero-order valence-electron chi connectivity index (χ0n) is 9.81. The van der Waals surface area contributed by atoms with E-state index in [1.807, 2.05) is 13.0 Å². The van der Waals surface area contributed by atoms with Gasteiger partial charge in [-0.05, 0) is 13.3 Å². The van der Waals surface area contributed by atoms with Crippen LogP contribution in [-0.4, -0.2) is 11.1 Å². The molecule has 0 bridgehead atoms. The Bertz CT molecular complexity index is 465. The molecule has 0 aliphatic rings. The molecule has 1 rings (SSSR count). The predicted molar refractivity (Wildman–Crippen MR) is 67.2 cm³/mol. The predicted octanol–water partition coefficient (Wildman–Crippen LogP) is 0.922. The smallest absolute Gasteiger partial charge is 0.147 e. The summed E-state index contributed by atoms with van der Waals surface area (Å²) in [6.07, 6.45) is 9.62. The number of nitrogens with two attached hydrogens (primary N) is 1. The van der Waals surface area contributed by atoms with E-state index in [2.05, 4.69) is 18.5 Å². The normalized spacial score (nSPS) is 14.9. The fourth-order valence-corrected chi connectivity index (χ4v) is 1.30. The van der Waals surface area contributed by atoms with Crippen LogP contribution in [0.5, 0.6) is 5.75 Å². The second-order valence-corrected chi connectivity index (χ2v) is 3.55. The largest absolute Gasteiger partial charge is 0.488 e. The number of pyridine rings is 1.